The zero-order valence-corrected chi connectivity index (χ0v) is 21.3. The standard InChI is InChI=1S/C28H30N2O7/c1-5-11-37-28(32)25-16(2)29-21-13-19(17-9-10-23(35-3)24(15-17)36-4)14-22(31)27(21)26(25)18-7-6-8-20(12-18)30(33)34/h6-10,12,15,19,26,29H,5,11,13-14H2,1-4H3/t19-,26+/m0/s1. The van der Waals surface area contributed by atoms with Gasteiger partial charge < -0.3 is 19.5 Å². The fourth-order valence-electron chi connectivity index (χ4n) is 5.08. The normalized spacial score (nSPS) is 19.2. The number of methoxy groups -OCH3 is 2. The Morgan fingerprint density at radius 1 is 1.08 bits per heavy atom. The second-order valence-electron chi connectivity index (χ2n) is 9.12. The van der Waals surface area contributed by atoms with Gasteiger partial charge in [0.05, 0.1) is 31.3 Å². The first-order valence-electron chi connectivity index (χ1n) is 12.2. The number of dihydropyridines is 1. The number of nitro groups is 1. The molecule has 0 aromatic heterocycles. The largest absolute Gasteiger partial charge is 0.493 e. The number of ketones is 1. The van der Waals surface area contributed by atoms with E-state index >= 15 is 0 Å². The Balaban J connectivity index is 1.79. The van der Waals surface area contributed by atoms with Crippen molar-refractivity contribution >= 4 is 17.4 Å². The zero-order valence-electron chi connectivity index (χ0n) is 21.3. The van der Waals surface area contributed by atoms with Gasteiger partial charge >= 0.3 is 5.97 Å². The van der Waals surface area contributed by atoms with Gasteiger partial charge in [0.25, 0.3) is 5.69 Å². The lowest BCUT2D eigenvalue weighted by atomic mass is 9.71. The average Bonchev–Trinajstić information content (AvgIpc) is 2.90. The van der Waals surface area contributed by atoms with Crippen LogP contribution in [0.15, 0.2) is 65.0 Å². The van der Waals surface area contributed by atoms with E-state index in [-0.39, 0.29) is 30.4 Å². The topological polar surface area (TPSA) is 117 Å². The molecule has 0 radical (unpaired) electrons. The maximum absolute atomic E-state index is 13.7. The van der Waals surface area contributed by atoms with Crippen LogP contribution in [0.4, 0.5) is 5.69 Å². The number of nitrogens with one attached hydrogen (secondary N) is 1. The van der Waals surface area contributed by atoms with Gasteiger partial charge in [0.2, 0.25) is 0 Å². The number of nitrogens with zero attached hydrogens (tertiary/aromatic N) is 1. The monoisotopic (exact) mass is 506 g/mol. The number of non-ortho nitro benzene ring substituents is 1. The third-order valence-electron chi connectivity index (χ3n) is 6.78. The van der Waals surface area contributed by atoms with Crippen LogP contribution >= 0.6 is 0 Å². The molecule has 1 heterocycles. The van der Waals surface area contributed by atoms with E-state index in [1.165, 1.54) is 12.1 Å². The van der Waals surface area contributed by atoms with E-state index in [9.17, 15) is 19.7 Å². The summed E-state index contributed by atoms with van der Waals surface area (Å²) in [5.74, 6) is -0.368. The highest BCUT2D eigenvalue weighted by Gasteiger charge is 2.41. The van der Waals surface area contributed by atoms with Gasteiger partial charge in [0, 0.05) is 41.4 Å². The third kappa shape index (κ3) is 5.07. The molecule has 0 unspecified atom stereocenters. The van der Waals surface area contributed by atoms with Crippen molar-refractivity contribution in [3.63, 3.8) is 0 Å². The number of carbonyl (C=O) groups excluding carboxylic acids is 2. The van der Waals surface area contributed by atoms with Crippen molar-refractivity contribution in [2.24, 2.45) is 0 Å². The van der Waals surface area contributed by atoms with Crippen LogP contribution in [0.3, 0.4) is 0 Å². The molecule has 2 aromatic rings. The highest BCUT2D eigenvalue weighted by Crippen LogP contribution is 2.46. The molecular weight excluding hydrogens is 476 g/mol. The quantitative estimate of drug-likeness (QED) is 0.304. The molecule has 9 heteroatoms. The summed E-state index contributed by atoms with van der Waals surface area (Å²) >= 11 is 0. The number of esters is 1. The molecular formula is C28H30N2O7. The summed E-state index contributed by atoms with van der Waals surface area (Å²) in [5.41, 5.74) is 3.35. The molecule has 0 fully saturated rings. The summed E-state index contributed by atoms with van der Waals surface area (Å²) in [7, 11) is 3.13. The van der Waals surface area contributed by atoms with Gasteiger partial charge in [0.15, 0.2) is 17.3 Å². The lowest BCUT2D eigenvalue weighted by molar-refractivity contribution is -0.384. The van der Waals surface area contributed by atoms with E-state index in [2.05, 4.69) is 5.32 Å². The number of carbonyl (C=O) groups is 2. The molecule has 37 heavy (non-hydrogen) atoms. The van der Waals surface area contributed by atoms with Crippen LogP contribution in [-0.4, -0.2) is 37.5 Å². The van der Waals surface area contributed by atoms with E-state index in [1.54, 1.807) is 33.3 Å². The molecule has 2 atom stereocenters. The van der Waals surface area contributed by atoms with E-state index in [4.69, 9.17) is 14.2 Å². The Labute approximate surface area is 215 Å². The predicted octanol–water partition coefficient (Wildman–Crippen LogP) is 4.93. The third-order valence-corrected chi connectivity index (χ3v) is 6.78. The van der Waals surface area contributed by atoms with Crippen LogP contribution in [0, 0.1) is 10.1 Å². The molecule has 1 aliphatic heterocycles. The number of rotatable bonds is 8. The van der Waals surface area contributed by atoms with Gasteiger partial charge in [-0.05, 0) is 48.9 Å². The Kier molecular flexibility index (Phi) is 7.61. The van der Waals surface area contributed by atoms with E-state index in [0.717, 1.165) is 5.56 Å². The number of ether oxygens (including phenoxy) is 3. The number of benzene rings is 2. The van der Waals surface area contributed by atoms with Crippen molar-refractivity contribution in [2.75, 3.05) is 20.8 Å². The fraction of sp³-hybridized carbons (Fsp3) is 0.357. The SMILES string of the molecule is CCCOC(=O)C1=C(C)NC2=C(C(=O)C[C@@H](c3ccc(OC)c(OC)c3)C2)[C@@H]1c1cccc([N+](=O)[O-])c1. The smallest absolute Gasteiger partial charge is 0.336 e. The summed E-state index contributed by atoms with van der Waals surface area (Å²) in [6, 6.07) is 11.7. The molecule has 1 N–H and O–H groups in total. The van der Waals surface area contributed by atoms with Crippen molar-refractivity contribution in [1.29, 1.82) is 0 Å². The Hall–Kier alpha value is -4.14. The van der Waals surface area contributed by atoms with Gasteiger partial charge in [-0.3, -0.25) is 14.9 Å². The van der Waals surface area contributed by atoms with Gasteiger partial charge in [-0.2, -0.15) is 0 Å². The minimum Gasteiger partial charge on any atom is -0.493 e. The number of hydrogen-bond donors (Lipinski definition) is 1. The van der Waals surface area contributed by atoms with E-state index in [0.29, 0.717) is 52.4 Å². The van der Waals surface area contributed by atoms with E-state index < -0.39 is 16.8 Å². The Morgan fingerprint density at radius 3 is 2.51 bits per heavy atom. The Bertz CT molecular complexity index is 1310. The molecule has 0 amide bonds. The number of nitro benzene ring substituents is 1. The number of hydrogen-bond acceptors (Lipinski definition) is 8. The maximum Gasteiger partial charge on any atom is 0.336 e. The highest BCUT2D eigenvalue weighted by molar-refractivity contribution is 6.04. The van der Waals surface area contributed by atoms with Crippen LogP contribution in [0.2, 0.25) is 0 Å². The first-order chi connectivity index (χ1) is 17.8. The lowest BCUT2D eigenvalue weighted by Crippen LogP contribution is -2.36. The van der Waals surface area contributed by atoms with Crippen LogP contribution in [0.5, 0.6) is 11.5 Å². The van der Waals surface area contributed by atoms with Crippen LogP contribution < -0.4 is 14.8 Å². The van der Waals surface area contributed by atoms with Gasteiger partial charge in [-0.1, -0.05) is 25.1 Å². The molecule has 0 bridgehead atoms. The fourth-order valence-corrected chi connectivity index (χ4v) is 5.08. The second kappa shape index (κ2) is 10.9. The molecule has 2 aliphatic rings. The zero-order chi connectivity index (χ0) is 26.7. The van der Waals surface area contributed by atoms with Gasteiger partial charge in [0.1, 0.15) is 0 Å². The highest BCUT2D eigenvalue weighted by atomic mass is 16.6. The average molecular weight is 507 g/mol. The minimum absolute atomic E-state index is 0.108. The summed E-state index contributed by atoms with van der Waals surface area (Å²) in [4.78, 5) is 37.9. The summed E-state index contributed by atoms with van der Waals surface area (Å²) in [6.45, 7) is 3.89. The van der Waals surface area contributed by atoms with Crippen molar-refractivity contribution in [2.45, 2.75) is 44.9 Å². The molecule has 0 saturated carbocycles. The van der Waals surface area contributed by atoms with Crippen LogP contribution in [0.1, 0.15) is 56.1 Å². The van der Waals surface area contributed by atoms with Crippen molar-refractivity contribution in [3.05, 3.63) is 86.2 Å². The van der Waals surface area contributed by atoms with Crippen LogP contribution in [0.25, 0.3) is 0 Å². The molecule has 9 nitrogen and oxygen atoms in total. The first-order valence-corrected chi connectivity index (χ1v) is 12.2. The van der Waals surface area contributed by atoms with Crippen molar-refractivity contribution < 1.29 is 28.7 Å². The minimum atomic E-state index is -0.764. The molecule has 194 valence electrons. The summed E-state index contributed by atoms with van der Waals surface area (Å²) in [6.07, 6.45) is 1.39. The molecule has 2 aromatic carbocycles. The predicted molar refractivity (Wildman–Crippen MR) is 136 cm³/mol. The molecule has 0 saturated heterocycles. The van der Waals surface area contributed by atoms with Crippen molar-refractivity contribution in [1.82, 2.24) is 5.32 Å². The Morgan fingerprint density at radius 2 is 1.84 bits per heavy atom. The second-order valence-corrected chi connectivity index (χ2v) is 9.12. The molecule has 1 aliphatic carbocycles. The number of Topliss-reactive ketones (excluding diaryl/α,β-unsaturated/α-hetero) is 1. The molecule has 0 spiro atoms. The van der Waals surface area contributed by atoms with Crippen LogP contribution in [-0.2, 0) is 14.3 Å². The first kappa shape index (κ1) is 25.9. The van der Waals surface area contributed by atoms with Gasteiger partial charge in [-0.25, -0.2) is 4.79 Å². The van der Waals surface area contributed by atoms with Crippen molar-refractivity contribution in [3.8, 4) is 11.5 Å². The molecule has 4 rings (SSSR count). The van der Waals surface area contributed by atoms with Gasteiger partial charge in [-0.15, -0.1) is 0 Å². The van der Waals surface area contributed by atoms with E-state index in [1.807, 2.05) is 25.1 Å². The lowest BCUT2D eigenvalue weighted by Gasteiger charge is -2.36. The maximum atomic E-state index is 13.7. The number of allylic oxidation sites excluding steroid dienone is 3. The summed E-state index contributed by atoms with van der Waals surface area (Å²) < 4.78 is 16.2. The summed E-state index contributed by atoms with van der Waals surface area (Å²) in [5, 5.41) is 14.8.